The van der Waals surface area contributed by atoms with Crippen molar-refractivity contribution in [2.45, 2.75) is 25.6 Å². The first-order valence-electron chi connectivity index (χ1n) is 5.38. The van der Waals surface area contributed by atoms with Crippen LogP contribution in [-0.4, -0.2) is 19.3 Å². The Morgan fingerprint density at radius 2 is 2.13 bits per heavy atom. The van der Waals surface area contributed by atoms with E-state index in [2.05, 4.69) is 0 Å². The summed E-state index contributed by atoms with van der Waals surface area (Å²) in [6.45, 7) is 2.22. The third-order valence-corrected chi connectivity index (χ3v) is 2.58. The molecule has 2 N–H and O–H groups in total. The molecule has 0 spiro atoms. The maximum absolute atomic E-state index is 5.59. The van der Waals surface area contributed by atoms with E-state index in [4.69, 9.17) is 15.2 Å². The van der Waals surface area contributed by atoms with Crippen LogP contribution in [0.5, 0.6) is 0 Å². The van der Waals surface area contributed by atoms with Crippen LogP contribution in [0.3, 0.4) is 0 Å². The average molecular weight is 207 g/mol. The van der Waals surface area contributed by atoms with Gasteiger partial charge >= 0.3 is 0 Å². The van der Waals surface area contributed by atoms with Crippen LogP contribution in [0, 0.1) is 0 Å². The Morgan fingerprint density at radius 1 is 1.33 bits per heavy atom. The van der Waals surface area contributed by atoms with Crippen molar-refractivity contribution >= 4 is 5.69 Å². The van der Waals surface area contributed by atoms with Crippen LogP contribution in [0.1, 0.15) is 18.4 Å². The molecule has 0 saturated carbocycles. The summed E-state index contributed by atoms with van der Waals surface area (Å²) in [4.78, 5) is 0. The van der Waals surface area contributed by atoms with Gasteiger partial charge in [-0.15, -0.1) is 0 Å². The monoisotopic (exact) mass is 207 g/mol. The molecule has 0 amide bonds. The van der Waals surface area contributed by atoms with E-state index in [1.807, 2.05) is 24.3 Å². The lowest BCUT2D eigenvalue weighted by atomic mass is 10.2. The van der Waals surface area contributed by atoms with Gasteiger partial charge in [-0.2, -0.15) is 0 Å². The lowest BCUT2D eigenvalue weighted by Crippen LogP contribution is -2.13. The molecule has 15 heavy (non-hydrogen) atoms. The summed E-state index contributed by atoms with van der Waals surface area (Å²) < 4.78 is 11.0. The Morgan fingerprint density at radius 3 is 2.80 bits per heavy atom. The van der Waals surface area contributed by atoms with Crippen molar-refractivity contribution in [3.8, 4) is 0 Å². The van der Waals surface area contributed by atoms with Gasteiger partial charge in [0.25, 0.3) is 0 Å². The standard InChI is InChI=1S/C12H17NO2/c13-11-5-3-10(4-6-11)8-14-9-12-2-1-7-15-12/h3-6,12H,1-2,7-9,13H2. The molecule has 0 aliphatic carbocycles. The molecule has 1 unspecified atom stereocenters. The van der Waals surface area contributed by atoms with Crippen LogP contribution in [0.15, 0.2) is 24.3 Å². The molecular formula is C12H17NO2. The highest BCUT2D eigenvalue weighted by Crippen LogP contribution is 2.13. The lowest BCUT2D eigenvalue weighted by Gasteiger charge is -2.10. The molecule has 2 rings (SSSR count). The number of rotatable bonds is 4. The van der Waals surface area contributed by atoms with Gasteiger partial charge in [-0.05, 0) is 30.5 Å². The zero-order chi connectivity index (χ0) is 10.5. The number of nitrogens with two attached hydrogens (primary N) is 1. The van der Waals surface area contributed by atoms with Crippen LogP contribution in [0.4, 0.5) is 5.69 Å². The van der Waals surface area contributed by atoms with Gasteiger partial charge in [-0.3, -0.25) is 0 Å². The maximum atomic E-state index is 5.59. The molecule has 0 radical (unpaired) electrons. The number of hydrogen-bond donors (Lipinski definition) is 1. The van der Waals surface area contributed by atoms with Crippen LogP contribution >= 0.6 is 0 Å². The predicted molar refractivity (Wildman–Crippen MR) is 59.5 cm³/mol. The van der Waals surface area contributed by atoms with E-state index in [0.717, 1.165) is 30.7 Å². The van der Waals surface area contributed by atoms with Crippen molar-refractivity contribution in [1.29, 1.82) is 0 Å². The van der Waals surface area contributed by atoms with E-state index in [1.54, 1.807) is 0 Å². The van der Waals surface area contributed by atoms with Crippen molar-refractivity contribution in [2.24, 2.45) is 0 Å². The van der Waals surface area contributed by atoms with E-state index in [9.17, 15) is 0 Å². The highest BCUT2D eigenvalue weighted by Gasteiger charge is 2.14. The lowest BCUT2D eigenvalue weighted by molar-refractivity contribution is 0.0106. The van der Waals surface area contributed by atoms with Crippen LogP contribution in [0.25, 0.3) is 0 Å². The Balaban J connectivity index is 1.71. The first kappa shape index (κ1) is 10.5. The number of benzene rings is 1. The molecule has 1 atom stereocenters. The Hall–Kier alpha value is -1.06. The van der Waals surface area contributed by atoms with Gasteiger partial charge in [0, 0.05) is 12.3 Å². The Bertz CT molecular complexity index is 291. The minimum atomic E-state index is 0.304. The van der Waals surface area contributed by atoms with Crippen molar-refractivity contribution in [3.63, 3.8) is 0 Å². The summed E-state index contributed by atoms with van der Waals surface area (Å²) in [5.41, 5.74) is 7.54. The summed E-state index contributed by atoms with van der Waals surface area (Å²) in [5, 5.41) is 0. The molecule has 0 aromatic heterocycles. The fourth-order valence-corrected chi connectivity index (χ4v) is 1.70. The molecule has 1 aromatic rings. The summed E-state index contributed by atoms with van der Waals surface area (Å²) >= 11 is 0. The quantitative estimate of drug-likeness (QED) is 0.768. The minimum Gasteiger partial charge on any atom is -0.399 e. The molecule has 1 aliphatic heterocycles. The number of ether oxygens (including phenoxy) is 2. The fourth-order valence-electron chi connectivity index (χ4n) is 1.70. The summed E-state index contributed by atoms with van der Waals surface area (Å²) in [6, 6.07) is 7.77. The molecule has 1 fully saturated rings. The highest BCUT2D eigenvalue weighted by atomic mass is 16.5. The largest absolute Gasteiger partial charge is 0.399 e. The SMILES string of the molecule is Nc1ccc(COCC2CCCO2)cc1. The zero-order valence-corrected chi connectivity index (χ0v) is 8.82. The van der Waals surface area contributed by atoms with Crippen molar-refractivity contribution < 1.29 is 9.47 Å². The molecule has 3 nitrogen and oxygen atoms in total. The maximum Gasteiger partial charge on any atom is 0.0809 e. The van der Waals surface area contributed by atoms with Gasteiger partial charge in [0.15, 0.2) is 0 Å². The van der Waals surface area contributed by atoms with E-state index in [0.29, 0.717) is 19.3 Å². The van der Waals surface area contributed by atoms with Gasteiger partial charge in [-0.1, -0.05) is 12.1 Å². The second kappa shape index (κ2) is 5.14. The van der Waals surface area contributed by atoms with Crippen molar-refractivity contribution in [1.82, 2.24) is 0 Å². The normalized spacial score (nSPS) is 20.7. The second-order valence-corrected chi connectivity index (χ2v) is 3.89. The smallest absolute Gasteiger partial charge is 0.0809 e. The van der Waals surface area contributed by atoms with Gasteiger partial charge in [-0.25, -0.2) is 0 Å². The molecular weight excluding hydrogens is 190 g/mol. The Labute approximate surface area is 90.2 Å². The highest BCUT2D eigenvalue weighted by molar-refractivity contribution is 5.39. The van der Waals surface area contributed by atoms with Crippen LogP contribution in [0.2, 0.25) is 0 Å². The first-order chi connectivity index (χ1) is 7.34. The van der Waals surface area contributed by atoms with Gasteiger partial charge in [0.2, 0.25) is 0 Å². The van der Waals surface area contributed by atoms with E-state index >= 15 is 0 Å². The second-order valence-electron chi connectivity index (χ2n) is 3.89. The average Bonchev–Trinajstić information content (AvgIpc) is 2.74. The number of nitrogen functional groups attached to an aromatic ring is 1. The molecule has 82 valence electrons. The molecule has 0 bridgehead atoms. The van der Waals surface area contributed by atoms with Crippen LogP contribution in [-0.2, 0) is 16.1 Å². The number of hydrogen-bond acceptors (Lipinski definition) is 3. The Kier molecular flexibility index (Phi) is 3.59. The first-order valence-corrected chi connectivity index (χ1v) is 5.38. The molecule has 1 heterocycles. The van der Waals surface area contributed by atoms with Crippen molar-refractivity contribution in [3.05, 3.63) is 29.8 Å². The summed E-state index contributed by atoms with van der Waals surface area (Å²) in [7, 11) is 0. The molecule has 3 heteroatoms. The number of anilines is 1. The van der Waals surface area contributed by atoms with Gasteiger partial charge in [0.05, 0.1) is 19.3 Å². The third-order valence-electron chi connectivity index (χ3n) is 2.58. The van der Waals surface area contributed by atoms with E-state index in [-0.39, 0.29) is 0 Å². The molecule has 1 aliphatic rings. The summed E-state index contributed by atoms with van der Waals surface area (Å²) in [6.07, 6.45) is 2.59. The van der Waals surface area contributed by atoms with E-state index < -0.39 is 0 Å². The van der Waals surface area contributed by atoms with Crippen LogP contribution < -0.4 is 5.73 Å². The fraction of sp³-hybridized carbons (Fsp3) is 0.500. The molecule has 1 saturated heterocycles. The van der Waals surface area contributed by atoms with Crippen molar-refractivity contribution in [2.75, 3.05) is 18.9 Å². The predicted octanol–water partition coefficient (Wildman–Crippen LogP) is 1.96. The van der Waals surface area contributed by atoms with Gasteiger partial charge < -0.3 is 15.2 Å². The van der Waals surface area contributed by atoms with E-state index in [1.165, 1.54) is 0 Å². The topological polar surface area (TPSA) is 44.5 Å². The third kappa shape index (κ3) is 3.22. The minimum absolute atomic E-state index is 0.304. The molecule has 1 aromatic carbocycles. The summed E-state index contributed by atoms with van der Waals surface area (Å²) in [5.74, 6) is 0. The van der Waals surface area contributed by atoms with Gasteiger partial charge in [0.1, 0.15) is 0 Å². The zero-order valence-electron chi connectivity index (χ0n) is 8.82.